The van der Waals surface area contributed by atoms with Gasteiger partial charge in [0.05, 0.1) is 12.5 Å². The monoisotopic (exact) mass is 184 g/mol. The highest BCUT2D eigenvalue weighted by Gasteiger charge is 2.25. The summed E-state index contributed by atoms with van der Waals surface area (Å²) in [5, 5.41) is 0. The number of rotatable bonds is 3. The predicted octanol–water partition coefficient (Wildman–Crippen LogP) is 0.232. The molecule has 0 spiro atoms. The van der Waals surface area contributed by atoms with Crippen molar-refractivity contribution in [1.29, 1.82) is 0 Å². The van der Waals surface area contributed by atoms with E-state index in [0.29, 0.717) is 26.1 Å². The van der Waals surface area contributed by atoms with Crippen molar-refractivity contribution in [3.8, 4) is 0 Å². The number of esters is 1. The van der Waals surface area contributed by atoms with E-state index in [1.807, 2.05) is 6.42 Å². The SMILES string of the molecule is CCOC(=O)C1[CH]CN(C=O)CC1. The van der Waals surface area contributed by atoms with E-state index < -0.39 is 0 Å². The predicted molar refractivity (Wildman–Crippen MR) is 46.7 cm³/mol. The molecule has 0 saturated carbocycles. The minimum absolute atomic E-state index is 0.129. The van der Waals surface area contributed by atoms with Gasteiger partial charge in [-0.05, 0) is 19.8 Å². The summed E-state index contributed by atoms with van der Waals surface area (Å²) >= 11 is 0. The average Bonchev–Trinajstić information content (AvgIpc) is 2.18. The molecule has 1 rings (SSSR count). The maximum Gasteiger partial charge on any atom is 0.309 e. The minimum Gasteiger partial charge on any atom is -0.466 e. The Kier molecular flexibility index (Phi) is 3.73. The summed E-state index contributed by atoms with van der Waals surface area (Å²) in [7, 11) is 0. The summed E-state index contributed by atoms with van der Waals surface area (Å²) in [6.45, 7) is 3.40. The molecule has 1 aliphatic rings. The van der Waals surface area contributed by atoms with E-state index in [2.05, 4.69) is 0 Å². The van der Waals surface area contributed by atoms with Crippen molar-refractivity contribution in [2.75, 3.05) is 19.7 Å². The minimum atomic E-state index is -0.173. The highest BCUT2D eigenvalue weighted by molar-refractivity contribution is 5.74. The summed E-state index contributed by atoms with van der Waals surface area (Å²) in [5.74, 6) is -0.302. The van der Waals surface area contributed by atoms with Crippen molar-refractivity contribution in [3.05, 3.63) is 6.42 Å². The van der Waals surface area contributed by atoms with Gasteiger partial charge in [0.1, 0.15) is 0 Å². The van der Waals surface area contributed by atoms with Crippen molar-refractivity contribution in [2.45, 2.75) is 13.3 Å². The molecule has 1 radical (unpaired) electrons. The molecule has 13 heavy (non-hydrogen) atoms. The average molecular weight is 184 g/mol. The Morgan fingerprint density at radius 3 is 3.00 bits per heavy atom. The molecular weight excluding hydrogens is 170 g/mol. The summed E-state index contributed by atoms with van der Waals surface area (Å²) in [5.41, 5.74) is 0. The zero-order chi connectivity index (χ0) is 9.68. The molecule has 0 bridgehead atoms. The Balaban J connectivity index is 2.31. The van der Waals surface area contributed by atoms with Gasteiger partial charge in [0.25, 0.3) is 0 Å². The lowest BCUT2D eigenvalue weighted by Crippen LogP contribution is -2.36. The fraction of sp³-hybridized carbons (Fsp3) is 0.667. The zero-order valence-corrected chi connectivity index (χ0v) is 7.73. The first-order valence-electron chi connectivity index (χ1n) is 4.47. The van der Waals surface area contributed by atoms with Gasteiger partial charge >= 0.3 is 5.97 Å². The van der Waals surface area contributed by atoms with E-state index >= 15 is 0 Å². The molecule has 1 unspecified atom stereocenters. The quantitative estimate of drug-likeness (QED) is 0.466. The molecule has 1 fully saturated rings. The molecule has 4 nitrogen and oxygen atoms in total. The van der Waals surface area contributed by atoms with Gasteiger partial charge in [-0.1, -0.05) is 0 Å². The van der Waals surface area contributed by atoms with E-state index in [1.54, 1.807) is 11.8 Å². The van der Waals surface area contributed by atoms with Crippen LogP contribution in [-0.2, 0) is 14.3 Å². The molecule has 1 heterocycles. The van der Waals surface area contributed by atoms with Crippen molar-refractivity contribution in [2.24, 2.45) is 5.92 Å². The van der Waals surface area contributed by atoms with Crippen molar-refractivity contribution < 1.29 is 14.3 Å². The first-order chi connectivity index (χ1) is 6.27. The maximum atomic E-state index is 11.2. The Bertz CT molecular complexity index is 185. The van der Waals surface area contributed by atoms with Crippen LogP contribution in [0.3, 0.4) is 0 Å². The van der Waals surface area contributed by atoms with Gasteiger partial charge < -0.3 is 9.64 Å². The third kappa shape index (κ3) is 2.72. The number of nitrogens with zero attached hydrogens (tertiary/aromatic N) is 1. The lowest BCUT2D eigenvalue weighted by atomic mass is 9.97. The number of carbonyl (C=O) groups excluding carboxylic acids is 2. The highest BCUT2D eigenvalue weighted by Crippen LogP contribution is 2.16. The van der Waals surface area contributed by atoms with Crippen LogP contribution in [-0.4, -0.2) is 37.0 Å². The zero-order valence-electron chi connectivity index (χ0n) is 7.73. The molecule has 1 amide bonds. The van der Waals surface area contributed by atoms with Gasteiger partial charge in [0.2, 0.25) is 6.41 Å². The van der Waals surface area contributed by atoms with Crippen LogP contribution in [0.4, 0.5) is 0 Å². The number of amides is 1. The topological polar surface area (TPSA) is 46.6 Å². The van der Waals surface area contributed by atoms with Crippen molar-refractivity contribution in [1.82, 2.24) is 4.90 Å². The molecule has 73 valence electrons. The van der Waals surface area contributed by atoms with Crippen LogP contribution in [0.15, 0.2) is 0 Å². The van der Waals surface area contributed by atoms with Crippen LogP contribution >= 0.6 is 0 Å². The molecule has 0 aromatic rings. The fourth-order valence-corrected chi connectivity index (χ4v) is 1.34. The van der Waals surface area contributed by atoms with Crippen LogP contribution in [0.1, 0.15) is 13.3 Å². The first-order valence-corrected chi connectivity index (χ1v) is 4.47. The number of piperidine rings is 1. The lowest BCUT2D eigenvalue weighted by molar-refractivity contribution is -0.148. The number of hydrogen-bond donors (Lipinski definition) is 0. The molecular formula is C9H14NO3. The standard InChI is InChI=1S/C9H14NO3/c1-2-13-9(12)8-3-5-10(7-11)6-4-8/h3,7-8H,2,4-6H2,1H3. The molecule has 0 aromatic carbocycles. The van der Waals surface area contributed by atoms with Crippen LogP contribution in [0.5, 0.6) is 0 Å². The second-order valence-corrected chi connectivity index (χ2v) is 2.98. The van der Waals surface area contributed by atoms with Gasteiger partial charge in [-0.15, -0.1) is 0 Å². The third-order valence-corrected chi connectivity index (χ3v) is 2.09. The van der Waals surface area contributed by atoms with E-state index in [-0.39, 0.29) is 11.9 Å². The molecule has 0 aromatic heterocycles. The van der Waals surface area contributed by atoms with Gasteiger partial charge in [0.15, 0.2) is 0 Å². The normalized spacial score (nSPS) is 18.4. The number of likely N-dealkylation sites (tertiary alicyclic amines) is 1. The third-order valence-electron chi connectivity index (χ3n) is 2.09. The van der Waals surface area contributed by atoms with Crippen LogP contribution in [0, 0.1) is 12.3 Å². The first kappa shape index (κ1) is 10.0. The molecule has 1 aliphatic heterocycles. The van der Waals surface area contributed by atoms with Crippen molar-refractivity contribution >= 4 is 12.4 Å². The van der Waals surface area contributed by atoms with Crippen LogP contribution in [0.2, 0.25) is 0 Å². The molecule has 1 atom stereocenters. The Hall–Kier alpha value is -1.06. The largest absolute Gasteiger partial charge is 0.466 e. The van der Waals surface area contributed by atoms with Gasteiger partial charge in [-0.2, -0.15) is 0 Å². The fourth-order valence-electron chi connectivity index (χ4n) is 1.34. The highest BCUT2D eigenvalue weighted by atomic mass is 16.5. The van der Waals surface area contributed by atoms with Crippen molar-refractivity contribution in [3.63, 3.8) is 0 Å². The number of carbonyl (C=O) groups is 2. The molecule has 1 saturated heterocycles. The van der Waals surface area contributed by atoms with E-state index in [4.69, 9.17) is 4.74 Å². The van der Waals surface area contributed by atoms with E-state index in [1.165, 1.54) is 0 Å². The number of hydrogen-bond acceptors (Lipinski definition) is 3. The Morgan fingerprint density at radius 2 is 2.54 bits per heavy atom. The van der Waals surface area contributed by atoms with Crippen LogP contribution in [0.25, 0.3) is 0 Å². The van der Waals surface area contributed by atoms with Crippen LogP contribution < -0.4 is 0 Å². The summed E-state index contributed by atoms with van der Waals surface area (Å²) < 4.78 is 4.87. The Morgan fingerprint density at radius 1 is 1.77 bits per heavy atom. The van der Waals surface area contributed by atoms with Gasteiger partial charge in [-0.25, -0.2) is 0 Å². The van der Waals surface area contributed by atoms with Gasteiger partial charge in [-0.3, -0.25) is 9.59 Å². The molecule has 0 N–H and O–H groups in total. The molecule has 0 aliphatic carbocycles. The maximum absolute atomic E-state index is 11.2. The summed E-state index contributed by atoms with van der Waals surface area (Å²) in [4.78, 5) is 23.2. The second-order valence-electron chi connectivity index (χ2n) is 2.98. The lowest BCUT2D eigenvalue weighted by Gasteiger charge is -2.27. The summed E-state index contributed by atoms with van der Waals surface area (Å²) in [6.07, 6.45) is 3.31. The summed E-state index contributed by atoms with van der Waals surface area (Å²) in [6, 6.07) is 0. The Labute approximate surface area is 77.8 Å². The molecule has 4 heteroatoms. The van der Waals surface area contributed by atoms with E-state index in [0.717, 1.165) is 6.41 Å². The van der Waals surface area contributed by atoms with E-state index in [9.17, 15) is 9.59 Å². The number of ether oxygens (including phenoxy) is 1. The second kappa shape index (κ2) is 4.84. The smallest absolute Gasteiger partial charge is 0.309 e. The van der Waals surface area contributed by atoms with Gasteiger partial charge in [0, 0.05) is 13.1 Å².